The lowest BCUT2D eigenvalue weighted by atomic mass is 10.0. The molecular weight excluding hydrogens is 252 g/mol. The van der Waals surface area contributed by atoms with Crippen molar-refractivity contribution in [2.45, 2.75) is 38.6 Å². The van der Waals surface area contributed by atoms with E-state index >= 15 is 0 Å². The van der Waals surface area contributed by atoms with E-state index in [-0.39, 0.29) is 11.7 Å². The molecule has 4 nitrogen and oxygen atoms in total. The molecule has 20 heavy (non-hydrogen) atoms. The van der Waals surface area contributed by atoms with E-state index in [4.69, 9.17) is 0 Å². The van der Waals surface area contributed by atoms with Crippen molar-refractivity contribution in [2.75, 3.05) is 20.1 Å². The second-order valence-corrected chi connectivity index (χ2v) is 5.68. The van der Waals surface area contributed by atoms with Crippen molar-refractivity contribution in [1.82, 2.24) is 10.2 Å². The minimum atomic E-state index is -0.113. The van der Waals surface area contributed by atoms with Gasteiger partial charge in [-0.3, -0.25) is 4.79 Å². The first kappa shape index (κ1) is 14.9. The number of nitrogens with zero attached hydrogens (tertiary/aromatic N) is 1. The first-order valence-corrected chi connectivity index (χ1v) is 7.36. The monoisotopic (exact) mass is 276 g/mol. The average Bonchev–Trinajstić information content (AvgIpc) is 2.45. The highest BCUT2D eigenvalue weighted by molar-refractivity contribution is 5.96. The number of aryl methyl sites for hydroxylation is 1. The number of carbonyl (C=O) groups excluding carboxylic acids is 1. The molecule has 1 aliphatic heterocycles. The number of hydrogen-bond donors (Lipinski definition) is 2. The minimum absolute atomic E-state index is 0.0673. The largest absolute Gasteiger partial charge is 0.507 e. The van der Waals surface area contributed by atoms with Gasteiger partial charge in [-0.15, -0.1) is 0 Å². The van der Waals surface area contributed by atoms with Gasteiger partial charge in [0, 0.05) is 19.6 Å². The zero-order valence-corrected chi connectivity index (χ0v) is 12.4. The molecule has 1 aromatic carbocycles. The summed E-state index contributed by atoms with van der Waals surface area (Å²) in [6, 6.07) is 5.70. The Hall–Kier alpha value is -1.55. The molecule has 0 radical (unpaired) electrons. The predicted molar refractivity (Wildman–Crippen MR) is 80.1 cm³/mol. The van der Waals surface area contributed by atoms with Crippen LogP contribution in [0.5, 0.6) is 5.75 Å². The van der Waals surface area contributed by atoms with Crippen molar-refractivity contribution in [2.24, 2.45) is 0 Å². The smallest absolute Gasteiger partial charge is 0.257 e. The summed E-state index contributed by atoms with van der Waals surface area (Å²) in [5, 5.41) is 13.4. The van der Waals surface area contributed by atoms with Crippen LogP contribution < -0.4 is 5.32 Å². The van der Waals surface area contributed by atoms with E-state index in [2.05, 4.69) is 5.32 Å². The molecule has 1 amide bonds. The number of piperidine rings is 1. The summed E-state index contributed by atoms with van der Waals surface area (Å²) in [7, 11) is 1.80. The third-order valence-electron chi connectivity index (χ3n) is 3.96. The van der Waals surface area contributed by atoms with Crippen LogP contribution >= 0.6 is 0 Å². The summed E-state index contributed by atoms with van der Waals surface area (Å²) < 4.78 is 0. The maximum absolute atomic E-state index is 12.3. The van der Waals surface area contributed by atoms with Crippen LogP contribution in [0.4, 0.5) is 0 Å². The van der Waals surface area contributed by atoms with Gasteiger partial charge in [0.25, 0.3) is 5.91 Å². The summed E-state index contributed by atoms with van der Waals surface area (Å²) in [5.41, 5.74) is 1.34. The topological polar surface area (TPSA) is 52.6 Å². The fourth-order valence-electron chi connectivity index (χ4n) is 2.65. The van der Waals surface area contributed by atoms with Crippen LogP contribution in [0.3, 0.4) is 0 Å². The highest BCUT2D eigenvalue weighted by Gasteiger charge is 2.18. The van der Waals surface area contributed by atoms with Crippen molar-refractivity contribution in [1.29, 1.82) is 0 Å². The third-order valence-corrected chi connectivity index (χ3v) is 3.96. The molecule has 0 bridgehead atoms. The Morgan fingerprint density at radius 2 is 2.25 bits per heavy atom. The zero-order chi connectivity index (χ0) is 14.5. The van der Waals surface area contributed by atoms with Gasteiger partial charge in [0.1, 0.15) is 5.75 Å². The Morgan fingerprint density at radius 3 is 2.90 bits per heavy atom. The quantitative estimate of drug-likeness (QED) is 0.887. The van der Waals surface area contributed by atoms with Gasteiger partial charge in [-0.2, -0.15) is 0 Å². The number of rotatable bonds is 4. The summed E-state index contributed by atoms with van der Waals surface area (Å²) in [6.45, 7) is 3.69. The highest BCUT2D eigenvalue weighted by atomic mass is 16.3. The van der Waals surface area contributed by atoms with Crippen LogP contribution in [0.25, 0.3) is 0 Å². The number of amides is 1. The Bertz CT molecular complexity index is 468. The number of phenols is 1. The maximum atomic E-state index is 12.3. The van der Waals surface area contributed by atoms with Gasteiger partial charge >= 0.3 is 0 Å². The Morgan fingerprint density at radius 1 is 1.45 bits per heavy atom. The number of phenolic OH excluding ortho intramolecular Hbond substituents is 1. The molecule has 0 aromatic heterocycles. The molecule has 1 aromatic rings. The number of nitrogens with one attached hydrogen (secondary N) is 1. The van der Waals surface area contributed by atoms with Gasteiger partial charge in [-0.1, -0.05) is 12.5 Å². The molecule has 0 spiro atoms. The Kier molecular flexibility index (Phi) is 5.01. The molecule has 4 heteroatoms. The van der Waals surface area contributed by atoms with E-state index in [0.717, 1.165) is 18.5 Å². The number of carbonyl (C=O) groups is 1. The van der Waals surface area contributed by atoms with Crippen LogP contribution in [-0.2, 0) is 0 Å². The van der Waals surface area contributed by atoms with Crippen LogP contribution in [-0.4, -0.2) is 42.1 Å². The maximum Gasteiger partial charge on any atom is 0.257 e. The van der Waals surface area contributed by atoms with Gasteiger partial charge in [0.05, 0.1) is 5.56 Å². The average molecular weight is 276 g/mol. The predicted octanol–water partition coefficient (Wildman–Crippen LogP) is 2.30. The summed E-state index contributed by atoms with van der Waals surface area (Å²) >= 11 is 0. The number of hydrogen-bond acceptors (Lipinski definition) is 3. The fourth-order valence-corrected chi connectivity index (χ4v) is 2.65. The molecular formula is C16H24N2O2. The molecule has 1 fully saturated rings. The third kappa shape index (κ3) is 3.73. The lowest BCUT2D eigenvalue weighted by Crippen LogP contribution is -2.38. The minimum Gasteiger partial charge on any atom is -0.507 e. The first-order valence-electron chi connectivity index (χ1n) is 7.36. The number of benzene rings is 1. The molecule has 1 heterocycles. The lowest BCUT2D eigenvalue weighted by Gasteiger charge is -2.26. The zero-order valence-electron chi connectivity index (χ0n) is 12.4. The summed E-state index contributed by atoms with van der Waals surface area (Å²) in [5.74, 6) is -0.0454. The SMILES string of the molecule is Cc1ccc(C(=O)N(C)CCC2CCCCN2)c(O)c1. The number of aromatic hydroxyl groups is 1. The van der Waals surface area contributed by atoms with Crippen LogP contribution in [0, 0.1) is 6.92 Å². The van der Waals surface area contributed by atoms with Crippen molar-refractivity contribution in [3.05, 3.63) is 29.3 Å². The molecule has 0 saturated carbocycles. The highest BCUT2D eigenvalue weighted by Crippen LogP contribution is 2.20. The van der Waals surface area contributed by atoms with Crippen LogP contribution in [0.1, 0.15) is 41.6 Å². The van der Waals surface area contributed by atoms with Crippen molar-refractivity contribution in [3.63, 3.8) is 0 Å². The van der Waals surface area contributed by atoms with E-state index in [1.807, 2.05) is 13.0 Å². The standard InChI is InChI=1S/C16H24N2O2/c1-12-6-7-14(15(19)11-12)16(20)18(2)10-8-13-5-3-4-9-17-13/h6-7,11,13,17,19H,3-5,8-10H2,1-2H3. The Balaban J connectivity index is 1.90. The van der Waals surface area contributed by atoms with E-state index < -0.39 is 0 Å². The molecule has 0 aliphatic carbocycles. The van der Waals surface area contributed by atoms with E-state index in [9.17, 15) is 9.90 Å². The molecule has 110 valence electrons. The van der Waals surface area contributed by atoms with Crippen LogP contribution in [0.2, 0.25) is 0 Å². The molecule has 1 aliphatic rings. The first-order chi connectivity index (χ1) is 9.58. The van der Waals surface area contributed by atoms with Crippen molar-refractivity contribution in [3.8, 4) is 5.75 Å². The van der Waals surface area contributed by atoms with Gasteiger partial charge in [0.2, 0.25) is 0 Å². The van der Waals surface area contributed by atoms with Gasteiger partial charge in [-0.05, 0) is 50.4 Å². The van der Waals surface area contributed by atoms with E-state index in [1.54, 1.807) is 24.1 Å². The molecule has 2 N–H and O–H groups in total. The van der Waals surface area contributed by atoms with Gasteiger partial charge in [0.15, 0.2) is 0 Å². The van der Waals surface area contributed by atoms with Gasteiger partial charge in [-0.25, -0.2) is 0 Å². The van der Waals surface area contributed by atoms with Gasteiger partial charge < -0.3 is 15.3 Å². The summed E-state index contributed by atoms with van der Waals surface area (Å²) in [6.07, 6.45) is 4.68. The van der Waals surface area contributed by atoms with E-state index in [0.29, 0.717) is 18.2 Å². The van der Waals surface area contributed by atoms with E-state index in [1.165, 1.54) is 19.3 Å². The fraction of sp³-hybridized carbons (Fsp3) is 0.562. The Labute approximate surface area is 120 Å². The normalized spacial score (nSPS) is 18.8. The molecule has 1 saturated heterocycles. The van der Waals surface area contributed by atoms with Crippen LogP contribution in [0.15, 0.2) is 18.2 Å². The van der Waals surface area contributed by atoms with Crippen molar-refractivity contribution >= 4 is 5.91 Å². The van der Waals surface area contributed by atoms with Crippen molar-refractivity contribution < 1.29 is 9.90 Å². The second-order valence-electron chi connectivity index (χ2n) is 5.68. The molecule has 2 rings (SSSR count). The summed E-state index contributed by atoms with van der Waals surface area (Å²) in [4.78, 5) is 14.0. The molecule has 1 atom stereocenters. The second kappa shape index (κ2) is 6.75. The molecule has 1 unspecified atom stereocenters. The lowest BCUT2D eigenvalue weighted by molar-refractivity contribution is 0.0785.